The maximum atomic E-state index is 14.1. The minimum absolute atomic E-state index is 0.00506. The smallest absolute Gasteiger partial charge is 0.128 e. The first-order chi connectivity index (χ1) is 9.65. The van der Waals surface area contributed by atoms with Crippen molar-refractivity contribution >= 4 is 0 Å². The number of hydrogen-bond donors (Lipinski definition) is 2. The summed E-state index contributed by atoms with van der Waals surface area (Å²) in [5.74, 6) is -0.262. The molecule has 0 saturated heterocycles. The van der Waals surface area contributed by atoms with Crippen LogP contribution >= 0.6 is 0 Å². The molecule has 0 spiro atoms. The minimum atomic E-state index is -0.262. The molecule has 1 rings (SSSR count). The molecule has 0 fully saturated rings. The van der Waals surface area contributed by atoms with Crippen LogP contribution in [0.3, 0.4) is 0 Å². The Morgan fingerprint density at radius 2 is 2.05 bits per heavy atom. The zero-order valence-electron chi connectivity index (χ0n) is 12.3. The molecule has 0 aliphatic rings. The van der Waals surface area contributed by atoms with E-state index in [4.69, 9.17) is 10.5 Å². The lowest BCUT2D eigenvalue weighted by molar-refractivity contribution is 0.0884. The summed E-state index contributed by atoms with van der Waals surface area (Å²) in [6.45, 7) is 3.54. The molecule has 0 aromatic heterocycles. The van der Waals surface area contributed by atoms with E-state index in [0.29, 0.717) is 25.3 Å². The van der Waals surface area contributed by atoms with Crippen molar-refractivity contribution in [3.63, 3.8) is 0 Å². The molecule has 2 unspecified atom stereocenters. The number of rotatable bonds is 9. The van der Waals surface area contributed by atoms with E-state index in [1.54, 1.807) is 25.3 Å². The lowest BCUT2D eigenvalue weighted by atomic mass is 9.95. The van der Waals surface area contributed by atoms with Gasteiger partial charge in [-0.1, -0.05) is 25.1 Å². The number of aliphatic hydroxyl groups is 1. The molecule has 3 N–H and O–H groups in total. The second-order valence-corrected chi connectivity index (χ2v) is 4.79. The van der Waals surface area contributed by atoms with Crippen LogP contribution in [0.4, 0.5) is 4.39 Å². The van der Waals surface area contributed by atoms with Gasteiger partial charge >= 0.3 is 0 Å². The average molecular weight is 284 g/mol. The summed E-state index contributed by atoms with van der Waals surface area (Å²) in [7, 11) is 1.62. The molecule has 0 aliphatic heterocycles. The van der Waals surface area contributed by atoms with E-state index in [9.17, 15) is 9.50 Å². The summed E-state index contributed by atoms with van der Waals surface area (Å²) >= 11 is 0. The van der Waals surface area contributed by atoms with Gasteiger partial charge in [0.1, 0.15) is 5.82 Å². The van der Waals surface area contributed by atoms with Crippen molar-refractivity contribution in [1.82, 2.24) is 4.90 Å². The van der Waals surface area contributed by atoms with E-state index in [-0.39, 0.29) is 24.5 Å². The van der Waals surface area contributed by atoms with E-state index in [1.807, 2.05) is 11.8 Å². The Morgan fingerprint density at radius 3 is 2.60 bits per heavy atom. The number of nitrogens with two attached hydrogens (primary N) is 1. The van der Waals surface area contributed by atoms with Crippen molar-refractivity contribution in [2.75, 3.05) is 33.4 Å². The maximum absolute atomic E-state index is 14.1. The van der Waals surface area contributed by atoms with Gasteiger partial charge < -0.3 is 15.6 Å². The van der Waals surface area contributed by atoms with Crippen LogP contribution in [0.5, 0.6) is 0 Å². The molecule has 0 bridgehead atoms. The summed E-state index contributed by atoms with van der Waals surface area (Å²) in [6, 6.07) is 6.21. The van der Waals surface area contributed by atoms with Crippen molar-refractivity contribution in [1.29, 1.82) is 0 Å². The van der Waals surface area contributed by atoms with Crippen molar-refractivity contribution in [2.24, 2.45) is 5.73 Å². The third-order valence-electron chi connectivity index (χ3n) is 3.46. The number of nitrogens with zero attached hydrogens (tertiary/aromatic N) is 1. The van der Waals surface area contributed by atoms with Gasteiger partial charge in [0.15, 0.2) is 0 Å². The quantitative estimate of drug-likeness (QED) is 0.722. The predicted octanol–water partition coefficient (Wildman–Crippen LogP) is 1.54. The van der Waals surface area contributed by atoms with E-state index < -0.39 is 0 Å². The second-order valence-electron chi connectivity index (χ2n) is 4.79. The Morgan fingerprint density at radius 1 is 1.35 bits per heavy atom. The van der Waals surface area contributed by atoms with Crippen molar-refractivity contribution in [2.45, 2.75) is 25.4 Å². The third kappa shape index (κ3) is 4.52. The Hall–Kier alpha value is -1.01. The lowest BCUT2D eigenvalue weighted by Gasteiger charge is -2.35. The molecule has 0 aliphatic carbocycles. The number of benzene rings is 1. The largest absolute Gasteiger partial charge is 0.395 e. The van der Waals surface area contributed by atoms with Crippen LogP contribution in [0.15, 0.2) is 24.3 Å². The zero-order valence-corrected chi connectivity index (χ0v) is 12.3. The fourth-order valence-electron chi connectivity index (χ4n) is 2.36. The van der Waals surface area contributed by atoms with Crippen LogP contribution in [-0.4, -0.2) is 49.5 Å². The van der Waals surface area contributed by atoms with Crippen LogP contribution in [0.25, 0.3) is 0 Å². The maximum Gasteiger partial charge on any atom is 0.128 e. The van der Waals surface area contributed by atoms with Gasteiger partial charge in [-0.05, 0) is 12.5 Å². The van der Waals surface area contributed by atoms with Crippen LogP contribution < -0.4 is 5.73 Å². The highest BCUT2D eigenvalue weighted by Crippen LogP contribution is 2.27. The van der Waals surface area contributed by atoms with E-state index >= 15 is 0 Å². The molecule has 0 heterocycles. The fraction of sp³-hybridized carbons (Fsp3) is 0.600. The van der Waals surface area contributed by atoms with Gasteiger partial charge in [-0.3, -0.25) is 4.90 Å². The predicted molar refractivity (Wildman–Crippen MR) is 77.9 cm³/mol. The molecule has 2 atom stereocenters. The Balaban J connectivity index is 3.05. The summed E-state index contributed by atoms with van der Waals surface area (Å²) in [4.78, 5) is 1.98. The van der Waals surface area contributed by atoms with Crippen LogP contribution in [0.1, 0.15) is 24.9 Å². The molecule has 0 radical (unpaired) electrons. The van der Waals surface area contributed by atoms with Gasteiger partial charge in [0.2, 0.25) is 0 Å². The molecule has 0 amide bonds. The molecular weight excluding hydrogens is 259 g/mol. The fourth-order valence-corrected chi connectivity index (χ4v) is 2.36. The monoisotopic (exact) mass is 284 g/mol. The van der Waals surface area contributed by atoms with Gasteiger partial charge in [0, 0.05) is 31.8 Å². The topological polar surface area (TPSA) is 58.7 Å². The summed E-state index contributed by atoms with van der Waals surface area (Å²) in [5, 5.41) is 9.24. The Bertz CT molecular complexity index is 390. The SMILES string of the molecule is CCC(N)C(c1ccccc1F)N(CCO)CCOC. The highest BCUT2D eigenvalue weighted by atomic mass is 19.1. The van der Waals surface area contributed by atoms with Crippen LogP contribution in [0, 0.1) is 5.82 Å². The Kier molecular flexibility index (Phi) is 7.69. The zero-order chi connectivity index (χ0) is 15.0. The summed E-state index contributed by atoms with van der Waals surface area (Å²) < 4.78 is 19.2. The molecule has 1 aromatic rings. The first-order valence-electron chi connectivity index (χ1n) is 6.99. The second kappa shape index (κ2) is 9.02. The van der Waals surface area contributed by atoms with Crippen molar-refractivity contribution in [3.05, 3.63) is 35.6 Å². The number of halogens is 1. The van der Waals surface area contributed by atoms with Crippen LogP contribution in [0.2, 0.25) is 0 Å². The summed E-state index contributed by atoms with van der Waals surface area (Å²) in [5.41, 5.74) is 6.77. The number of hydrogen-bond acceptors (Lipinski definition) is 4. The standard InChI is InChI=1S/C15H25FN2O2/c1-3-14(17)15(12-6-4-5-7-13(12)16)18(8-10-19)9-11-20-2/h4-7,14-15,19H,3,8-11,17H2,1-2H3. The highest BCUT2D eigenvalue weighted by Gasteiger charge is 2.27. The van der Waals surface area contributed by atoms with Gasteiger partial charge in [0.25, 0.3) is 0 Å². The van der Waals surface area contributed by atoms with E-state index in [0.717, 1.165) is 6.42 Å². The van der Waals surface area contributed by atoms with Crippen molar-refractivity contribution in [3.8, 4) is 0 Å². The van der Waals surface area contributed by atoms with Gasteiger partial charge in [0.05, 0.1) is 19.3 Å². The average Bonchev–Trinajstić information content (AvgIpc) is 2.46. The number of aliphatic hydroxyl groups excluding tert-OH is 1. The molecule has 5 heteroatoms. The van der Waals surface area contributed by atoms with Gasteiger partial charge in [-0.15, -0.1) is 0 Å². The normalized spacial score (nSPS) is 14.5. The highest BCUT2D eigenvalue weighted by molar-refractivity contribution is 5.23. The third-order valence-corrected chi connectivity index (χ3v) is 3.46. The first-order valence-corrected chi connectivity index (χ1v) is 6.99. The Labute approximate surface area is 120 Å². The van der Waals surface area contributed by atoms with E-state index in [1.165, 1.54) is 6.07 Å². The van der Waals surface area contributed by atoms with Crippen molar-refractivity contribution < 1.29 is 14.2 Å². The molecule has 4 nitrogen and oxygen atoms in total. The number of methoxy groups -OCH3 is 1. The van der Waals surface area contributed by atoms with Gasteiger partial charge in [-0.25, -0.2) is 4.39 Å². The number of ether oxygens (including phenoxy) is 1. The first kappa shape index (κ1) is 17.0. The molecule has 114 valence electrons. The summed E-state index contributed by atoms with van der Waals surface area (Å²) in [6.07, 6.45) is 0.730. The molecule has 20 heavy (non-hydrogen) atoms. The minimum Gasteiger partial charge on any atom is -0.395 e. The molecule has 0 saturated carbocycles. The van der Waals surface area contributed by atoms with E-state index in [2.05, 4.69) is 0 Å². The molecular formula is C15H25FN2O2. The lowest BCUT2D eigenvalue weighted by Crippen LogP contribution is -2.44. The molecule has 1 aromatic carbocycles. The van der Waals surface area contributed by atoms with Crippen LogP contribution in [-0.2, 0) is 4.74 Å². The van der Waals surface area contributed by atoms with Gasteiger partial charge in [-0.2, -0.15) is 0 Å².